The van der Waals surface area contributed by atoms with Gasteiger partial charge in [0, 0.05) is 5.56 Å². The summed E-state index contributed by atoms with van der Waals surface area (Å²) in [5, 5.41) is 10.2. The first-order chi connectivity index (χ1) is 8.50. The SMILES string of the molecule is Cc1ccc(C)c(C(O)c2cccc(F)c2F)c1. The van der Waals surface area contributed by atoms with Gasteiger partial charge >= 0.3 is 0 Å². The lowest BCUT2D eigenvalue weighted by molar-refractivity contribution is 0.212. The second-order valence-electron chi connectivity index (χ2n) is 4.41. The highest BCUT2D eigenvalue weighted by molar-refractivity contribution is 5.38. The molecule has 94 valence electrons. The van der Waals surface area contributed by atoms with Gasteiger partial charge in [-0.2, -0.15) is 0 Å². The zero-order valence-electron chi connectivity index (χ0n) is 10.2. The molecule has 0 aromatic heterocycles. The number of hydrogen-bond donors (Lipinski definition) is 1. The summed E-state index contributed by atoms with van der Waals surface area (Å²) >= 11 is 0. The van der Waals surface area contributed by atoms with Gasteiger partial charge in [-0.1, -0.05) is 35.9 Å². The molecule has 0 heterocycles. The fourth-order valence-electron chi connectivity index (χ4n) is 1.95. The van der Waals surface area contributed by atoms with Crippen molar-refractivity contribution in [2.24, 2.45) is 0 Å². The molecule has 1 atom stereocenters. The van der Waals surface area contributed by atoms with Crippen LogP contribution in [0.25, 0.3) is 0 Å². The first-order valence-corrected chi connectivity index (χ1v) is 5.70. The smallest absolute Gasteiger partial charge is 0.164 e. The molecule has 2 aromatic carbocycles. The molecular weight excluding hydrogens is 234 g/mol. The van der Waals surface area contributed by atoms with Crippen LogP contribution in [0.2, 0.25) is 0 Å². The van der Waals surface area contributed by atoms with Gasteiger partial charge in [-0.15, -0.1) is 0 Å². The molecule has 1 unspecified atom stereocenters. The molecule has 0 bridgehead atoms. The van der Waals surface area contributed by atoms with Crippen molar-refractivity contribution in [1.82, 2.24) is 0 Å². The van der Waals surface area contributed by atoms with Crippen molar-refractivity contribution in [1.29, 1.82) is 0 Å². The van der Waals surface area contributed by atoms with E-state index in [4.69, 9.17) is 0 Å². The summed E-state index contributed by atoms with van der Waals surface area (Å²) in [6, 6.07) is 9.37. The fourth-order valence-corrected chi connectivity index (χ4v) is 1.95. The van der Waals surface area contributed by atoms with Crippen molar-refractivity contribution in [2.75, 3.05) is 0 Å². The molecule has 0 spiro atoms. The van der Waals surface area contributed by atoms with Gasteiger partial charge < -0.3 is 5.11 Å². The molecule has 0 saturated heterocycles. The van der Waals surface area contributed by atoms with E-state index in [0.717, 1.165) is 17.2 Å². The number of halogens is 2. The first-order valence-electron chi connectivity index (χ1n) is 5.70. The van der Waals surface area contributed by atoms with Gasteiger partial charge in [0.15, 0.2) is 11.6 Å². The van der Waals surface area contributed by atoms with E-state index >= 15 is 0 Å². The molecule has 0 aliphatic rings. The van der Waals surface area contributed by atoms with E-state index < -0.39 is 17.7 Å². The van der Waals surface area contributed by atoms with E-state index in [0.29, 0.717) is 5.56 Å². The quantitative estimate of drug-likeness (QED) is 0.859. The second-order valence-corrected chi connectivity index (χ2v) is 4.41. The highest BCUT2D eigenvalue weighted by Gasteiger charge is 2.19. The lowest BCUT2D eigenvalue weighted by Crippen LogP contribution is -2.06. The Morgan fingerprint density at radius 3 is 2.44 bits per heavy atom. The van der Waals surface area contributed by atoms with E-state index in [9.17, 15) is 13.9 Å². The van der Waals surface area contributed by atoms with Crippen LogP contribution in [0.15, 0.2) is 36.4 Å². The maximum absolute atomic E-state index is 13.6. The van der Waals surface area contributed by atoms with Crippen LogP contribution in [0.5, 0.6) is 0 Å². The Morgan fingerprint density at radius 2 is 1.72 bits per heavy atom. The zero-order chi connectivity index (χ0) is 13.3. The summed E-state index contributed by atoms with van der Waals surface area (Å²) in [6.45, 7) is 3.72. The minimum atomic E-state index is -1.15. The number of benzene rings is 2. The van der Waals surface area contributed by atoms with Crippen LogP contribution < -0.4 is 0 Å². The average molecular weight is 248 g/mol. The monoisotopic (exact) mass is 248 g/mol. The fraction of sp³-hybridized carbons (Fsp3) is 0.200. The van der Waals surface area contributed by atoms with Crippen molar-refractivity contribution in [2.45, 2.75) is 20.0 Å². The lowest BCUT2D eigenvalue weighted by Gasteiger charge is -2.15. The largest absolute Gasteiger partial charge is 0.384 e. The van der Waals surface area contributed by atoms with Crippen LogP contribution in [0, 0.1) is 25.5 Å². The van der Waals surface area contributed by atoms with Crippen molar-refractivity contribution in [3.63, 3.8) is 0 Å². The van der Waals surface area contributed by atoms with Crippen molar-refractivity contribution < 1.29 is 13.9 Å². The standard InChI is InChI=1S/C15H14F2O/c1-9-6-7-10(2)12(8-9)15(18)11-4-3-5-13(16)14(11)17/h3-8,15,18H,1-2H3. The van der Waals surface area contributed by atoms with Crippen LogP contribution in [0.1, 0.15) is 28.4 Å². The van der Waals surface area contributed by atoms with Gasteiger partial charge in [0.2, 0.25) is 0 Å². The van der Waals surface area contributed by atoms with Crippen molar-refractivity contribution >= 4 is 0 Å². The maximum Gasteiger partial charge on any atom is 0.164 e. The molecule has 0 aliphatic heterocycles. The normalized spacial score (nSPS) is 12.5. The number of aliphatic hydroxyl groups excluding tert-OH is 1. The van der Waals surface area contributed by atoms with Gasteiger partial charge in [0.25, 0.3) is 0 Å². The van der Waals surface area contributed by atoms with Crippen molar-refractivity contribution in [3.05, 3.63) is 70.3 Å². The molecule has 2 rings (SSSR count). The molecular formula is C15H14F2O. The minimum Gasteiger partial charge on any atom is -0.384 e. The zero-order valence-corrected chi connectivity index (χ0v) is 10.2. The summed E-state index contributed by atoms with van der Waals surface area (Å²) in [7, 11) is 0. The summed E-state index contributed by atoms with van der Waals surface area (Å²) in [4.78, 5) is 0. The van der Waals surface area contributed by atoms with E-state index in [1.807, 2.05) is 26.0 Å². The predicted octanol–water partition coefficient (Wildman–Crippen LogP) is 3.66. The van der Waals surface area contributed by atoms with Crippen LogP contribution in [0.4, 0.5) is 8.78 Å². The Balaban J connectivity index is 2.51. The number of aliphatic hydroxyl groups is 1. The van der Waals surface area contributed by atoms with Crippen LogP contribution in [-0.2, 0) is 0 Å². The molecule has 0 amide bonds. The molecule has 0 radical (unpaired) electrons. The predicted molar refractivity (Wildman–Crippen MR) is 66.3 cm³/mol. The molecule has 1 nitrogen and oxygen atoms in total. The van der Waals surface area contributed by atoms with Crippen molar-refractivity contribution in [3.8, 4) is 0 Å². The Bertz CT molecular complexity index is 577. The average Bonchev–Trinajstić information content (AvgIpc) is 2.35. The van der Waals surface area contributed by atoms with Gasteiger partial charge in [0.1, 0.15) is 6.10 Å². The first kappa shape index (κ1) is 12.7. The summed E-state index contributed by atoms with van der Waals surface area (Å²) in [5.74, 6) is -1.94. The van der Waals surface area contributed by atoms with E-state index in [1.54, 1.807) is 6.07 Å². The van der Waals surface area contributed by atoms with E-state index in [-0.39, 0.29) is 5.56 Å². The molecule has 0 aliphatic carbocycles. The van der Waals surface area contributed by atoms with Gasteiger partial charge in [0.05, 0.1) is 0 Å². The van der Waals surface area contributed by atoms with Gasteiger partial charge in [-0.25, -0.2) is 8.78 Å². The van der Waals surface area contributed by atoms with Crippen LogP contribution in [-0.4, -0.2) is 5.11 Å². The molecule has 2 aromatic rings. The third-order valence-corrected chi connectivity index (χ3v) is 3.01. The summed E-state index contributed by atoms with van der Waals surface area (Å²) in [5.41, 5.74) is 2.37. The van der Waals surface area contributed by atoms with E-state index in [2.05, 4.69) is 0 Å². The Kier molecular flexibility index (Phi) is 3.43. The summed E-state index contributed by atoms with van der Waals surface area (Å²) < 4.78 is 26.8. The second kappa shape index (κ2) is 4.86. The molecule has 18 heavy (non-hydrogen) atoms. The number of hydrogen-bond acceptors (Lipinski definition) is 1. The Hall–Kier alpha value is -1.74. The molecule has 0 saturated carbocycles. The number of rotatable bonds is 2. The van der Waals surface area contributed by atoms with Gasteiger partial charge in [-0.05, 0) is 31.0 Å². The lowest BCUT2D eigenvalue weighted by atomic mass is 9.95. The van der Waals surface area contributed by atoms with Crippen LogP contribution >= 0.6 is 0 Å². The minimum absolute atomic E-state index is 0.0382. The van der Waals surface area contributed by atoms with Crippen LogP contribution in [0.3, 0.4) is 0 Å². The van der Waals surface area contributed by atoms with Gasteiger partial charge in [-0.3, -0.25) is 0 Å². The maximum atomic E-state index is 13.6. The molecule has 3 heteroatoms. The highest BCUT2D eigenvalue weighted by Crippen LogP contribution is 2.28. The van der Waals surface area contributed by atoms with E-state index in [1.165, 1.54) is 12.1 Å². The third-order valence-electron chi connectivity index (χ3n) is 3.01. The highest BCUT2D eigenvalue weighted by atomic mass is 19.2. The number of aryl methyl sites for hydroxylation is 2. The summed E-state index contributed by atoms with van der Waals surface area (Å²) in [6.07, 6.45) is -1.15. The molecule has 1 N–H and O–H groups in total. The topological polar surface area (TPSA) is 20.2 Å². The third kappa shape index (κ3) is 2.27. The molecule has 0 fully saturated rings. The Morgan fingerprint density at radius 1 is 1.00 bits per heavy atom. The Labute approximate surface area is 105 Å².